The van der Waals surface area contributed by atoms with Crippen molar-refractivity contribution < 1.29 is 5.21 Å². The lowest BCUT2D eigenvalue weighted by Crippen LogP contribution is -2.23. The molecule has 1 aliphatic rings. The van der Waals surface area contributed by atoms with E-state index in [1.165, 1.54) is 0 Å². The molecule has 0 spiro atoms. The molecule has 0 radical (unpaired) electrons. The molecular weight excluding hydrogens is 365 g/mol. The van der Waals surface area contributed by atoms with Gasteiger partial charge >= 0.3 is 0 Å². The molecule has 2 rings (SSSR count). The van der Waals surface area contributed by atoms with E-state index in [4.69, 9.17) is 22.5 Å². The average molecular weight is 380 g/mol. The van der Waals surface area contributed by atoms with Gasteiger partial charge in [-0.25, -0.2) is 0 Å². The second-order valence-electron chi connectivity index (χ2n) is 4.75. The van der Waals surface area contributed by atoms with E-state index in [9.17, 15) is 0 Å². The molecule has 0 heterocycles. The minimum atomic E-state index is 0.126. The van der Waals surface area contributed by atoms with Gasteiger partial charge in [0.05, 0.1) is 10.7 Å². The van der Waals surface area contributed by atoms with E-state index in [1.54, 1.807) is 0 Å². The van der Waals surface area contributed by atoms with Gasteiger partial charge in [0, 0.05) is 16.5 Å². The Kier molecular flexibility index (Phi) is 4.21. The third-order valence-electron chi connectivity index (χ3n) is 3.22. The summed E-state index contributed by atoms with van der Waals surface area (Å²) in [5.41, 5.74) is 6.63. The third-order valence-corrected chi connectivity index (χ3v) is 4.22. The van der Waals surface area contributed by atoms with Crippen molar-refractivity contribution >= 4 is 45.7 Å². The number of hydrogen-bond donors (Lipinski definition) is 3. The summed E-state index contributed by atoms with van der Waals surface area (Å²) >= 11 is 8.38. The highest BCUT2D eigenvalue weighted by Crippen LogP contribution is 2.48. The van der Waals surface area contributed by atoms with Crippen molar-refractivity contribution in [2.45, 2.75) is 19.3 Å². The summed E-state index contributed by atoms with van der Waals surface area (Å²) in [7, 11) is 0. The van der Waals surface area contributed by atoms with Crippen LogP contribution in [0.4, 0.5) is 5.69 Å². The molecule has 1 aromatic carbocycles. The number of nitrogens with one attached hydrogen (secondary N) is 1. The van der Waals surface area contributed by atoms with Crippen LogP contribution < -0.4 is 11.1 Å². The van der Waals surface area contributed by atoms with Crippen molar-refractivity contribution in [1.82, 2.24) is 0 Å². The zero-order valence-electron chi connectivity index (χ0n) is 9.79. The molecule has 98 valence electrons. The van der Waals surface area contributed by atoms with Crippen LogP contribution >= 0.6 is 34.2 Å². The summed E-state index contributed by atoms with van der Waals surface area (Å²) in [4.78, 5) is 0. The monoisotopic (exact) mass is 379 g/mol. The van der Waals surface area contributed by atoms with Gasteiger partial charge in [-0.3, -0.25) is 0 Å². The first kappa shape index (κ1) is 13.7. The predicted octanol–water partition coefficient (Wildman–Crippen LogP) is 3.27. The van der Waals surface area contributed by atoms with E-state index >= 15 is 0 Å². The number of nitrogens with zero attached hydrogens (tertiary/aromatic N) is 1. The minimum Gasteiger partial charge on any atom is -0.409 e. The molecule has 0 amide bonds. The summed E-state index contributed by atoms with van der Waals surface area (Å²) in [6, 6.07) is 5.87. The van der Waals surface area contributed by atoms with Gasteiger partial charge in [0.25, 0.3) is 0 Å². The second kappa shape index (κ2) is 5.52. The lowest BCUT2D eigenvalue weighted by Gasteiger charge is -2.17. The van der Waals surface area contributed by atoms with Gasteiger partial charge in [0.1, 0.15) is 5.84 Å². The standard InChI is InChI=1S/C12H15ClIN3O/c13-9-2-1-8(14)5-10(9)16-7-12(3-4-12)6-11(15)17-18/h1-2,5,16,18H,3-4,6-7H2,(H2,15,17). The highest BCUT2D eigenvalue weighted by Gasteiger charge is 2.43. The third kappa shape index (κ3) is 3.41. The maximum atomic E-state index is 8.61. The number of oxime groups is 1. The fourth-order valence-corrected chi connectivity index (χ4v) is 2.60. The zero-order chi connectivity index (χ0) is 13.2. The van der Waals surface area contributed by atoms with E-state index in [0.717, 1.165) is 33.7 Å². The highest BCUT2D eigenvalue weighted by atomic mass is 127. The van der Waals surface area contributed by atoms with Crippen LogP contribution in [0, 0.1) is 8.99 Å². The SMILES string of the molecule is N/C(CC1(CNc2cc(I)ccc2Cl)CC1)=N/O. The number of anilines is 1. The Hall–Kier alpha value is -0.690. The molecule has 0 unspecified atom stereocenters. The van der Waals surface area contributed by atoms with E-state index in [-0.39, 0.29) is 5.41 Å². The molecule has 0 bridgehead atoms. The largest absolute Gasteiger partial charge is 0.409 e. The van der Waals surface area contributed by atoms with Crippen LogP contribution in [0.2, 0.25) is 5.02 Å². The molecule has 0 atom stereocenters. The first-order valence-electron chi connectivity index (χ1n) is 5.70. The number of amidine groups is 1. The summed E-state index contributed by atoms with van der Waals surface area (Å²) in [6.07, 6.45) is 2.81. The molecule has 1 aliphatic carbocycles. The fraction of sp³-hybridized carbons (Fsp3) is 0.417. The van der Waals surface area contributed by atoms with Crippen molar-refractivity contribution in [3.63, 3.8) is 0 Å². The summed E-state index contributed by atoms with van der Waals surface area (Å²) < 4.78 is 1.14. The quantitative estimate of drug-likeness (QED) is 0.242. The smallest absolute Gasteiger partial charge is 0.139 e. The molecule has 4 N–H and O–H groups in total. The van der Waals surface area contributed by atoms with Gasteiger partial charge in [0.15, 0.2) is 0 Å². The van der Waals surface area contributed by atoms with Crippen LogP contribution in [0.15, 0.2) is 23.4 Å². The van der Waals surface area contributed by atoms with Gasteiger partial charge in [-0.1, -0.05) is 16.8 Å². The molecular formula is C12H15ClIN3O. The minimum absolute atomic E-state index is 0.126. The summed E-state index contributed by atoms with van der Waals surface area (Å²) in [5.74, 6) is 0.294. The van der Waals surface area contributed by atoms with Crippen LogP contribution in [0.3, 0.4) is 0 Å². The number of nitrogens with two attached hydrogens (primary N) is 1. The van der Waals surface area contributed by atoms with Crippen LogP contribution in [0.5, 0.6) is 0 Å². The maximum absolute atomic E-state index is 8.61. The Morgan fingerprint density at radius 2 is 2.28 bits per heavy atom. The van der Waals surface area contributed by atoms with Gasteiger partial charge in [-0.05, 0) is 59.0 Å². The van der Waals surface area contributed by atoms with Crippen LogP contribution in [0.25, 0.3) is 0 Å². The van der Waals surface area contributed by atoms with E-state index < -0.39 is 0 Å². The molecule has 1 fully saturated rings. The number of rotatable bonds is 5. The Bertz CT molecular complexity index is 474. The summed E-state index contributed by atoms with van der Waals surface area (Å²) in [6.45, 7) is 0.795. The fourth-order valence-electron chi connectivity index (χ4n) is 1.93. The molecule has 0 saturated heterocycles. The Balaban J connectivity index is 1.97. The Morgan fingerprint density at radius 1 is 1.56 bits per heavy atom. The van der Waals surface area contributed by atoms with Gasteiger partial charge in [-0.15, -0.1) is 0 Å². The zero-order valence-corrected chi connectivity index (χ0v) is 12.7. The molecule has 4 nitrogen and oxygen atoms in total. The van der Waals surface area contributed by atoms with Crippen molar-refractivity contribution in [2.24, 2.45) is 16.3 Å². The van der Waals surface area contributed by atoms with Crippen molar-refractivity contribution in [3.05, 3.63) is 26.8 Å². The molecule has 0 aromatic heterocycles. The highest BCUT2D eigenvalue weighted by molar-refractivity contribution is 14.1. The van der Waals surface area contributed by atoms with Crippen molar-refractivity contribution in [2.75, 3.05) is 11.9 Å². The van der Waals surface area contributed by atoms with Crippen molar-refractivity contribution in [3.8, 4) is 0 Å². The topological polar surface area (TPSA) is 70.6 Å². The molecule has 0 aliphatic heterocycles. The lowest BCUT2D eigenvalue weighted by molar-refractivity contribution is 0.315. The van der Waals surface area contributed by atoms with Gasteiger partial charge in [-0.2, -0.15) is 0 Å². The second-order valence-corrected chi connectivity index (χ2v) is 6.40. The predicted molar refractivity (Wildman–Crippen MR) is 82.4 cm³/mol. The van der Waals surface area contributed by atoms with Gasteiger partial charge < -0.3 is 16.3 Å². The van der Waals surface area contributed by atoms with Gasteiger partial charge in [0.2, 0.25) is 0 Å². The maximum Gasteiger partial charge on any atom is 0.139 e. The van der Waals surface area contributed by atoms with E-state index in [1.807, 2.05) is 18.2 Å². The molecule has 6 heteroatoms. The van der Waals surface area contributed by atoms with Crippen LogP contribution in [0.1, 0.15) is 19.3 Å². The van der Waals surface area contributed by atoms with Crippen LogP contribution in [-0.2, 0) is 0 Å². The number of hydrogen-bond acceptors (Lipinski definition) is 3. The van der Waals surface area contributed by atoms with E-state index in [0.29, 0.717) is 12.3 Å². The molecule has 1 saturated carbocycles. The number of benzene rings is 1. The number of halogens is 2. The normalized spacial score (nSPS) is 17.6. The first-order valence-corrected chi connectivity index (χ1v) is 7.16. The molecule has 1 aromatic rings. The van der Waals surface area contributed by atoms with Crippen LogP contribution in [-0.4, -0.2) is 17.6 Å². The summed E-state index contributed by atoms with van der Waals surface area (Å²) in [5, 5.41) is 15.7. The lowest BCUT2D eigenvalue weighted by atomic mass is 10.0. The van der Waals surface area contributed by atoms with E-state index in [2.05, 4.69) is 33.1 Å². The Labute approximate surface area is 125 Å². The Morgan fingerprint density at radius 3 is 2.89 bits per heavy atom. The molecule has 18 heavy (non-hydrogen) atoms. The average Bonchev–Trinajstić information content (AvgIpc) is 3.10. The van der Waals surface area contributed by atoms with Crippen molar-refractivity contribution in [1.29, 1.82) is 0 Å². The first-order chi connectivity index (χ1) is 8.54.